The molecule has 2 aromatic carbocycles. The van der Waals surface area contributed by atoms with Crippen LogP contribution in [-0.2, 0) is 23.3 Å². The lowest BCUT2D eigenvalue weighted by Crippen LogP contribution is -2.48. The van der Waals surface area contributed by atoms with Crippen molar-refractivity contribution in [1.29, 1.82) is 5.26 Å². The van der Waals surface area contributed by atoms with Crippen LogP contribution in [-0.4, -0.2) is 34.5 Å². The topological polar surface area (TPSA) is 71.2 Å². The number of rotatable bonds is 5. The average Bonchev–Trinajstić information content (AvgIpc) is 3.37. The predicted molar refractivity (Wildman–Crippen MR) is 113 cm³/mol. The molecule has 1 aliphatic heterocycles. The number of ether oxygens (including phenoxy) is 1. The quantitative estimate of drug-likeness (QED) is 0.630. The number of hydrogen-bond donors (Lipinski definition) is 0. The minimum Gasteiger partial charge on any atom is -0.497 e. The summed E-state index contributed by atoms with van der Waals surface area (Å²) in [7, 11) is 3.42. The minimum atomic E-state index is -0.988. The van der Waals surface area contributed by atoms with Gasteiger partial charge in [0.1, 0.15) is 5.75 Å². The van der Waals surface area contributed by atoms with Gasteiger partial charge in [-0.15, -0.1) is 0 Å². The average molecular weight is 421 g/mol. The number of nitrogens with zero attached hydrogens (tertiary/aromatic N) is 4. The lowest BCUT2D eigenvalue weighted by atomic mass is 9.85. The molecular formula is C23H21ClN4O2. The number of hydrogen-bond acceptors (Lipinski definition) is 4. The van der Waals surface area contributed by atoms with Crippen LogP contribution in [0.25, 0.3) is 0 Å². The van der Waals surface area contributed by atoms with Gasteiger partial charge in [-0.3, -0.25) is 4.79 Å². The molecule has 3 aromatic rings. The SMILES string of the molecule is COc1ccc(CN(C)C(=O)C2(c3ccc(C#N)cc3Cl)CCc3cncn32)cc1. The van der Waals surface area contributed by atoms with E-state index in [0.29, 0.717) is 29.1 Å². The van der Waals surface area contributed by atoms with Gasteiger partial charge in [0.15, 0.2) is 5.54 Å². The molecule has 2 heterocycles. The molecule has 1 atom stereocenters. The molecule has 1 aliphatic rings. The van der Waals surface area contributed by atoms with Gasteiger partial charge in [0.05, 0.1) is 25.1 Å². The number of benzene rings is 2. The van der Waals surface area contributed by atoms with Crippen LogP contribution in [0.15, 0.2) is 55.0 Å². The van der Waals surface area contributed by atoms with Gasteiger partial charge in [-0.05, 0) is 42.7 Å². The Morgan fingerprint density at radius 1 is 1.33 bits per heavy atom. The Morgan fingerprint density at radius 2 is 2.10 bits per heavy atom. The summed E-state index contributed by atoms with van der Waals surface area (Å²) in [6.45, 7) is 0.447. The van der Waals surface area contributed by atoms with E-state index in [1.165, 1.54) is 0 Å². The highest BCUT2D eigenvalue weighted by molar-refractivity contribution is 6.32. The fourth-order valence-corrected chi connectivity index (χ4v) is 4.52. The molecule has 0 N–H and O–H groups in total. The minimum absolute atomic E-state index is 0.0679. The molecule has 1 aromatic heterocycles. The molecule has 0 bridgehead atoms. The lowest BCUT2D eigenvalue weighted by molar-refractivity contribution is -0.137. The van der Waals surface area contributed by atoms with Crippen molar-refractivity contribution in [3.63, 3.8) is 0 Å². The summed E-state index contributed by atoms with van der Waals surface area (Å²) in [4.78, 5) is 19.9. The zero-order chi connectivity index (χ0) is 21.3. The first-order valence-electron chi connectivity index (χ1n) is 9.60. The molecule has 0 spiro atoms. The van der Waals surface area contributed by atoms with E-state index in [0.717, 1.165) is 23.4 Å². The van der Waals surface area contributed by atoms with Crippen LogP contribution >= 0.6 is 11.6 Å². The van der Waals surface area contributed by atoms with Crippen LogP contribution in [0.4, 0.5) is 0 Å². The second-order valence-corrected chi connectivity index (χ2v) is 7.84. The van der Waals surface area contributed by atoms with E-state index in [-0.39, 0.29) is 5.91 Å². The van der Waals surface area contributed by atoms with Crippen LogP contribution in [0.1, 0.15) is 28.8 Å². The van der Waals surface area contributed by atoms with Gasteiger partial charge >= 0.3 is 0 Å². The van der Waals surface area contributed by atoms with Gasteiger partial charge < -0.3 is 14.2 Å². The van der Waals surface area contributed by atoms with E-state index < -0.39 is 5.54 Å². The third kappa shape index (κ3) is 3.21. The molecule has 1 amide bonds. The Balaban J connectivity index is 1.74. The van der Waals surface area contributed by atoms with Gasteiger partial charge in [0.2, 0.25) is 0 Å². The summed E-state index contributed by atoms with van der Waals surface area (Å²) in [6, 6.07) is 14.9. The van der Waals surface area contributed by atoms with E-state index in [1.807, 2.05) is 28.8 Å². The van der Waals surface area contributed by atoms with Crippen LogP contribution in [0.2, 0.25) is 5.02 Å². The molecule has 0 aliphatic carbocycles. The number of likely N-dealkylation sites (N-methyl/N-ethyl adjacent to an activating group) is 1. The van der Waals surface area contributed by atoms with Crippen molar-refractivity contribution < 1.29 is 9.53 Å². The number of imidazole rings is 1. The molecular weight excluding hydrogens is 400 g/mol. The Kier molecular flexibility index (Phi) is 5.23. The van der Waals surface area contributed by atoms with Crippen molar-refractivity contribution >= 4 is 17.5 Å². The number of nitriles is 1. The number of carbonyl (C=O) groups excluding carboxylic acids is 1. The summed E-state index contributed by atoms with van der Waals surface area (Å²) >= 11 is 6.58. The number of carbonyl (C=O) groups is 1. The molecule has 0 fully saturated rings. The Hall–Kier alpha value is -3.30. The molecule has 152 valence electrons. The molecule has 4 rings (SSSR count). The van der Waals surface area contributed by atoms with Gasteiger partial charge in [0.25, 0.3) is 5.91 Å². The molecule has 6 nitrogen and oxygen atoms in total. The summed E-state index contributed by atoms with van der Waals surface area (Å²) in [5.41, 5.74) is 2.14. The van der Waals surface area contributed by atoms with Gasteiger partial charge in [-0.2, -0.15) is 5.26 Å². The molecule has 30 heavy (non-hydrogen) atoms. The van der Waals surface area contributed by atoms with Crippen molar-refractivity contribution in [2.75, 3.05) is 14.2 Å². The first-order valence-corrected chi connectivity index (χ1v) is 9.97. The molecule has 1 unspecified atom stereocenters. The predicted octanol–water partition coefficient (Wildman–Crippen LogP) is 3.77. The van der Waals surface area contributed by atoms with Crippen molar-refractivity contribution in [3.8, 4) is 11.8 Å². The molecule has 7 heteroatoms. The Morgan fingerprint density at radius 3 is 2.77 bits per heavy atom. The number of methoxy groups -OCH3 is 1. The standard InChI is InChI=1S/C23H21ClN4O2/c1-27(14-16-3-6-19(30-2)7-4-16)22(29)23(10-9-18-13-26-15-28(18)23)20-8-5-17(12-25)11-21(20)24/h3-8,11,13,15H,9-10,14H2,1-2H3. The normalized spacial score (nSPS) is 17.3. The van der Waals surface area contributed by atoms with Gasteiger partial charge in [0, 0.05) is 36.1 Å². The van der Waals surface area contributed by atoms with Crippen LogP contribution < -0.4 is 4.74 Å². The largest absolute Gasteiger partial charge is 0.497 e. The van der Waals surface area contributed by atoms with Crippen LogP contribution in [0.3, 0.4) is 0 Å². The Labute approximate surface area is 180 Å². The van der Waals surface area contributed by atoms with Gasteiger partial charge in [-0.25, -0.2) is 4.98 Å². The van der Waals surface area contributed by atoms with E-state index in [2.05, 4.69) is 11.1 Å². The Bertz CT molecular complexity index is 1130. The monoisotopic (exact) mass is 420 g/mol. The first-order chi connectivity index (χ1) is 14.5. The van der Waals surface area contributed by atoms with E-state index >= 15 is 0 Å². The second-order valence-electron chi connectivity index (χ2n) is 7.43. The van der Waals surface area contributed by atoms with Crippen LogP contribution in [0.5, 0.6) is 5.75 Å². The van der Waals surface area contributed by atoms with Crippen molar-refractivity contribution in [2.45, 2.75) is 24.9 Å². The summed E-state index contributed by atoms with van der Waals surface area (Å²) in [5.74, 6) is 0.703. The van der Waals surface area contributed by atoms with Crippen LogP contribution in [0, 0.1) is 11.3 Å². The lowest BCUT2D eigenvalue weighted by Gasteiger charge is -2.35. The number of amides is 1. The van der Waals surface area contributed by atoms with Gasteiger partial charge in [-0.1, -0.05) is 29.8 Å². The number of fused-ring (bicyclic) bond motifs is 1. The van der Waals surface area contributed by atoms with E-state index in [9.17, 15) is 10.1 Å². The van der Waals surface area contributed by atoms with Crippen molar-refractivity contribution in [1.82, 2.24) is 14.5 Å². The number of aryl methyl sites for hydroxylation is 1. The van der Waals surface area contributed by atoms with Crippen molar-refractivity contribution in [2.24, 2.45) is 0 Å². The summed E-state index contributed by atoms with van der Waals surface area (Å²) in [6.07, 6.45) is 4.78. The van der Waals surface area contributed by atoms with E-state index in [1.54, 1.807) is 49.8 Å². The maximum Gasteiger partial charge on any atom is 0.253 e. The highest BCUT2D eigenvalue weighted by Crippen LogP contribution is 2.43. The first kappa shape index (κ1) is 20.0. The highest BCUT2D eigenvalue weighted by atomic mass is 35.5. The molecule has 0 saturated carbocycles. The number of aromatic nitrogens is 2. The highest BCUT2D eigenvalue weighted by Gasteiger charge is 2.49. The zero-order valence-corrected chi connectivity index (χ0v) is 17.6. The third-order valence-electron chi connectivity index (χ3n) is 5.69. The smallest absolute Gasteiger partial charge is 0.253 e. The fourth-order valence-electron chi connectivity index (χ4n) is 4.18. The summed E-state index contributed by atoms with van der Waals surface area (Å²) in [5, 5.41) is 9.60. The third-order valence-corrected chi connectivity index (χ3v) is 6.01. The fraction of sp³-hybridized carbons (Fsp3) is 0.261. The number of halogens is 1. The summed E-state index contributed by atoms with van der Waals surface area (Å²) < 4.78 is 7.13. The molecule has 0 saturated heterocycles. The van der Waals surface area contributed by atoms with Crippen molar-refractivity contribution in [3.05, 3.63) is 82.4 Å². The zero-order valence-electron chi connectivity index (χ0n) is 16.8. The second kappa shape index (κ2) is 7.85. The maximum atomic E-state index is 13.9. The van der Waals surface area contributed by atoms with E-state index in [4.69, 9.17) is 16.3 Å². The maximum absolute atomic E-state index is 13.9. The molecule has 0 radical (unpaired) electrons.